The van der Waals surface area contributed by atoms with E-state index in [4.69, 9.17) is 4.74 Å². The molecule has 0 bridgehead atoms. The zero-order valence-electron chi connectivity index (χ0n) is 12.0. The Morgan fingerprint density at radius 2 is 1.86 bits per heavy atom. The number of aromatic nitrogens is 1. The molecule has 5 heteroatoms. The van der Waals surface area contributed by atoms with Gasteiger partial charge >= 0.3 is 0 Å². The van der Waals surface area contributed by atoms with Crippen molar-refractivity contribution in [1.29, 1.82) is 0 Å². The van der Waals surface area contributed by atoms with Gasteiger partial charge in [-0.2, -0.15) is 0 Å². The molecule has 0 saturated heterocycles. The van der Waals surface area contributed by atoms with E-state index in [9.17, 15) is 9.18 Å². The number of nitrogens with zero attached hydrogens (tertiary/aromatic N) is 1. The summed E-state index contributed by atoms with van der Waals surface area (Å²) < 4.78 is 20.2. The lowest BCUT2D eigenvalue weighted by molar-refractivity contribution is 0.429. The maximum absolute atomic E-state index is 12.4. The molecule has 0 aliphatic carbocycles. The van der Waals surface area contributed by atoms with Crippen LogP contribution in [0.3, 0.4) is 0 Å². The SMILES string of the molecule is Cc1cccc(C)c1Oc1c(Br)ccn(CCCF)c1=O. The van der Waals surface area contributed by atoms with Gasteiger partial charge in [0.05, 0.1) is 11.1 Å². The van der Waals surface area contributed by atoms with E-state index in [0.717, 1.165) is 11.1 Å². The molecule has 0 spiro atoms. The number of para-hydroxylation sites is 1. The smallest absolute Gasteiger partial charge is 0.294 e. The van der Waals surface area contributed by atoms with Crippen LogP contribution in [0.4, 0.5) is 4.39 Å². The van der Waals surface area contributed by atoms with Gasteiger partial charge in [0.25, 0.3) is 5.56 Å². The Hall–Kier alpha value is -1.62. The molecular weight excluding hydrogens is 337 g/mol. The quantitative estimate of drug-likeness (QED) is 0.798. The second kappa shape index (κ2) is 6.89. The molecule has 1 aromatic heterocycles. The number of aryl methyl sites for hydroxylation is 3. The van der Waals surface area contributed by atoms with Crippen LogP contribution in [0.25, 0.3) is 0 Å². The molecule has 21 heavy (non-hydrogen) atoms. The third-order valence-corrected chi connectivity index (χ3v) is 3.84. The van der Waals surface area contributed by atoms with Crippen molar-refractivity contribution in [2.45, 2.75) is 26.8 Å². The Morgan fingerprint density at radius 3 is 2.48 bits per heavy atom. The summed E-state index contributed by atoms with van der Waals surface area (Å²) in [6, 6.07) is 7.54. The van der Waals surface area contributed by atoms with Crippen LogP contribution in [-0.4, -0.2) is 11.2 Å². The van der Waals surface area contributed by atoms with Crippen molar-refractivity contribution >= 4 is 15.9 Å². The second-order valence-electron chi connectivity index (χ2n) is 4.86. The van der Waals surface area contributed by atoms with E-state index in [0.29, 0.717) is 23.2 Å². The van der Waals surface area contributed by atoms with E-state index < -0.39 is 6.67 Å². The van der Waals surface area contributed by atoms with Crippen molar-refractivity contribution < 1.29 is 9.13 Å². The minimum Gasteiger partial charge on any atom is -0.450 e. The first kappa shape index (κ1) is 15.8. The van der Waals surface area contributed by atoms with Crippen molar-refractivity contribution in [2.24, 2.45) is 0 Å². The maximum atomic E-state index is 12.4. The van der Waals surface area contributed by atoms with Crippen molar-refractivity contribution in [3.8, 4) is 11.5 Å². The number of hydrogen-bond donors (Lipinski definition) is 0. The highest BCUT2D eigenvalue weighted by molar-refractivity contribution is 9.10. The van der Waals surface area contributed by atoms with E-state index in [1.165, 1.54) is 4.57 Å². The molecular formula is C16H17BrFNO2. The third kappa shape index (κ3) is 3.53. The van der Waals surface area contributed by atoms with Gasteiger partial charge in [0.15, 0.2) is 0 Å². The lowest BCUT2D eigenvalue weighted by atomic mass is 10.1. The van der Waals surface area contributed by atoms with Gasteiger partial charge < -0.3 is 9.30 Å². The van der Waals surface area contributed by atoms with Gasteiger partial charge in [0.1, 0.15) is 5.75 Å². The molecule has 0 unspecified atom stereocenters. The summed E-state index contributed by atoms with van der Waals surface area (Å²) in [5, 5.41) is 0. The third-order valence-electron chi connectivity index (χ3n) is 3.22. The summed E-state index contributed by atoms with van der Waals surface area (Å²) in [7, 11) is 0. The Labute approximate surface area is 131 Å². The Balaban J connectivity index is 2.42. The van der Waals surface area contributed by atoms with Crippen LogP contribution in [0.1, 0.15) is 17.5 Å². The molecule has 0 aliphatic rings. The topological polar surface area (TPSA) is 31.2 Å². The fourth-order valence-electron chi connectivity index (χ4n) is 2.09. The lowest BCUT2D eigenvalue weighted by Gasteiger charge is -2.14. The molecule has 0 amide bonds. The van der Waals surface area contributed by atoms with Crippen LogP contribution >= 0.6 is 15.9 Å². The molecule has 0 fully saturated rings. The average Bonchev–Trinajstić information content (AvgIpc) is 2.45. The highest BCUT2D eigenvalue weighted by Crippen LogP contribution is 2.30. The van der Waals surface area contributed by atoms with Crippen LogP contribution in [0.2, 0.25) is 0 Å². The van der Waals surface area contributed by atoms with E-state index in [1.807, 2.05) is 32.0 Å². The molecule has 0 aliphatic heterocycles. The predicted molar refractivity (Wildman–Crippen MR) is 85.0 cm³/mol. The molecule has 0 radical (unpaired) electrons. The van der Waals surface area contributed by atoms with Crippen LogP contribution < -0.4 is 10.3 Å². The van der Waals surface area contributed by atoms with E-state index >= 15 is 0 Å². The summed E-state index contributed by atoms with van der Waals surface area (Å²) in [6.07, 6.45) is 1.95. The zero-order chi connectivity index (χ0) is 15.4. The van der Waals surface area contributed by atoms with Crippen molar-refractivity contribution in [3.63, 3.8) is 0 Å². The predicted octanol–water partition coefficient (Wildman–Crippen LogP) is 4.38. The Morgan fingerprint density at radius 1 is 1.19 bits per heavy atom. The number of rotatable bonds is 5. The fraction of sp³-hybridized carbons (Fsp3) is 0.312. The van der Waals surface area contributed by atoms with E-state index in [-0.39, 0.29) is 11.3 Å². The number of alkyl halides is 1. The van der Waals surface area contributed by atoms with Gasteiger partial charge in [-0.3, -0.25) is 9.18 Å². The van der Waals surface area contributed by atoms with Crippen LogP contribution in [-0.2, 0) is 6.54 Å². The van der Waals surface area contributed by atoms with Gasteiger partial charge in [-0.25, -0.2) is 0 Å². The zero-order valence-corrected chi connectivity index (χ0v) is 13.6. The first-order valence-electron chi connectivity index (χ1n) is 6.73. The largest absolute Gasteiger partial charge is 0.450 e. The first-order valence-corrected chi connectivity index (χ1v) is 7.53. The van der Waals surface area contributed by atoms with E-state index in [2.05, 4.69) is 15.9 Å². The molecule has 2 rings (SSSR count). The summed E-state index contributed by atoms with van der Waals surface area (Å²) in [4.78, 5) is 12.4. The fourth-order valence-corrected chi connectivity index (χ4v) is 2.46. The average molecular weight is 354 g/mol. The molecule has 0 N–H and O–H groups in total. The molecule has 0 atom stereocenters. The number of halogens is 2. The van der Waals surface area contributed by atoms with E-state index in [1.54, 1.807) is 12.3 Å². The molecule has 1 heterocycles. The molecule has 112 valence electrons. The number of hydrogen-bond acceptors (Lipinski definition) is 2. The van der Waals surface area contributed by atoms with Crippen molar-refractivity contribution in [2.75, 3.05) is 6.67 Å². The summed E-state index contributed by atoms with van der Waals surface area (Å²) in [5.41, 5.74) is 1.65. The van der Waals surface area contributed by atoms with Gasteiger partial charge in [0.2, 0.25) is 5.75 Å². The number of ether oxygens (including phenoxy) is 1. The Kier molecular flexibility index (Phi) is 5.17. The first-order chi connectivity index (χ1) is 10.0. The number of pyridine rings is 1. The van der Waals surface area contributed by atoms with Gasteiger partial charge in [-0.1, -0.05) is 18.2 Å². The van der Waals surface area contributed by atoms with Crippen LogP contribution in [0, 0.1) is 13.8 Å². The highest BCUT2D eigenvalue weighted by Gasteiger charge is 2.13. The minimum absolute atomic E-state index is 0.230. The van der Waals surface area contributed by atoms with Gasteiger partial charge in [-0.05, 0) is 53.4 Å². The summed E-state index contributed by atoms with van der Waals surface area (Å²) in [5.74, 6) is 0.910. The standard InChI is InChI=1S/C16H17BrFNO2/c1-11-5-3-6-12(2)14(11)21-15-13(17)7-10-19(16(15)20)9-4-8-18/h3,5-7,10H,4,8-9H2,1-2H3. The number of benzene rings is 1. The van der Waals surface area contributed by atoms with Crippen molar-refractivity contribution in [1.82, 2.24) is 4.57 Å². The Bertz CT molecular complexity index is 677. The lowest BCUT2D eigenvalue weighted by Crippen LogP contribution is -2.21. The summed E-state index contributed by atoms with van der Waals surface area (Å²) >= 11 is 3.34. The minimum atomic E-state index is -0.449. The molecule has 0 saturated carbocycles. The normalized spacial score (nSPS) is 10.7. The molecule has 1 aromatic carbocycles. The van der Waals surface area contributed by atoms with Gasteiger partial charge in [-0.15, -0.1) is 0 Å². The van der Waals surface area contributed by atoms with Crippen molar-refractivity contribution in [3.05, 3.63) is 56.4 Å². The molecule has 3 nitrogen and oxygen atoms in total. The maximum Gasteiger partial charge on any atom is 0.294 e. The molecule has 2 aromatic rings. The monoisotopic (exact) mass is 353 g/mol. The summed E-state index contributed by atoms with van der Waals surface area (Å²) in [6.45, 7) is 3.75. The second-order valence-corrected chi connectivity index (χ2v) is 5.71. The highest BCUT2D eigenvalue weighted by atomic mass is 79.9. The van der Waals surface area contributed by atoms with Gasteiger partial charge in [0, 0.05) is 12.7 Å². The van der Waals surface area contributed by atoms with Crippen LogP contribution in [0.5, 0.6) is 11.5 Å². The van der Waals surface area contributed by atoms with Crippen LogP contribution in [0.15, 0.2) is 39.7 Å².